The molecule has 108 valence electrons. The first-order valence-electron chi connectivity index (χ1n) is 6.67. The minimum atomic E-state index is -0.499. The highest BCUT2D eigenvalue weighted by atomic mass is 79.9. The first-order valence-corrected chi connectivity index (χ1v) is 7.59. The van der Waals surface area contributed by atoms with Gasteiger partial charge in [0.1, 0.15) is 5.56 Å². The van der Waals surface area contributed by atoms with Crippen LogP contribution < -0.4 is 0 Å². The number of para-hydroxylation sites is 1. The van der Waals surface area contributed by atoms with Crippen LogP contribution in [0.3, 0.4) is 0 Å². The van der Waals surface area contributed by atoms with Crippen molar-refractivity contribution in [3.63, 3.8) is 0 Å². The van der Waals surface area contributed by atoms with Crippen LogP contribution in [0.25, 0.3) is 0 Å². The van der Waals surface area contributed by atoms with E-state index in [1.807, 2.05) is 0 Å². The van der Waals surface area contributed by atoms with Crippen molar-refractivity contribution in [3.8, 4) is 0 Å². The largest absolute Gasteiger partial charge is 0.338 e. The molecule has 0 radical (unpaired) electrons. The zero-order chi connectivity index (χ0) is 14.7. The van der Waals surface area contributed by atoms with Gasteiger partial charge >= 0.3 is 0 Å². The number of likely N-dealkylation sites (tertiary alicyclic amines) is 1. The molecule has 1 heterocycles. The Balaban J connectivity index is 2.12. The van der Waals surface area contributed by atoms with Gasteiger partial charge in [0.05, 0.1) is 4.92 Å². The summed E-state index contributed by atoms with van der Waals surface area (Å²) in [6.45, 7) is 3.43. The fourth-order valence-electron chi connectivity index (χ4n) is 2.55. The summed E-state index contributed by atoms with van der Waals surface area (Å²) in [5.74, 6) is 0.322. The molecule has 1 saturated heterocycles. The average molecular weight is 341 g/mol. The van der Waals surface area contributed by atoms with E-state index in [2.05, 4.69) is 22.9 Å². The van der Waals surface area contributed by atoms with Crippen molar-refractivity contribution >= 4 is 27.5 Å². The molecule has 0 aromatic heterocycles. The van der Waals surface area contributed by atoms with Gasteiger partial charge in [-0.05, 0) is 24.8 Å². The number of carbonyl (C=O) groups excluding carboxylic acids is 1. The van der Waals surface area contributed by atoms with Gasteiger partial charge in [-0.25, -0.2) is 0 Å². The molecule has 5 nitrogen and oxygen atoms in total. The fraction of sp³-hybridized carbons (Fsp3) is 0.500. The third kappa shape index (κ3) is 3.17. The van der Waals surface area contributed by atoms with Crippen molar-refractivity contribution in [1.82, 2.24) is 4.90 Å². The molecule has 0 N–H and O–H groups in total. The molecule has 1 unspecified atom stereocenters. The Morgan fingerprint density at radius 2 is 2.00 bits per heavy atom. The second-order valence-corrected chi connectivity index (χ2v) is 6.53. The van der Waals surface area contributed by atoms with E-state index >= 15 is 0 Å². The predicted octanol–water partition coefficient (Wildman–Crippen LogP) is 3.23. The van der Waals surface area contributed by atoms with E-state index < -0.39 is 4.92 Å². The van der Waals surface area contributed by atoms with Crippen molar-refractivity contribution in [2.75, 3.05) is 13.1 Å². The van der Waals surface area contributed by atoms with Crippen molar-refractivity contribution in [2.45, 2.75) is 24.6 Å². The fourth-order valence-corrected chi connectivity index (χ4v) is 3.07. The summed E-state index contributed by atoms with van der Waals surface area (Å²) in [7, 11) is 0. The minimum absolute atomic E-state index is 0.117. The summed E-state index contributed by atoms with van der Waals surface area (Å²) < 4.78 is 0. The van der Waals surface area contributed by atoms with Gasteiger partial charge in [-0.2, -0.15) is 0 Å². The Hall–Kier alpha value is -1.43. The molecule has 0 aliphatic carbocycles. The van der Waals surface area contributed by atoms with Gasteiger partial charge in [0.2, 0.25) is 0 Å². The highest BCUT2D eigenvalue weighted by molar-refractivity contribution is 9.09. The van der Waals surface area contributed by atoms with E-state index in [1.54, 1.807) is 17.0 Å². The predicted molar refractivity (Wildman–Crippen MR) is 80.1 cm³/mol. The smallest absolute Gasteiger partial charge is 0.282 e. The number of nitro benzene ring substituents is 1. The summed E-state index contributed by atoms with van der Waals surface area (Å²) >= 11 is 3.58. The van der Waals surface area contributed by atoms with E-state index in [-0.39, 0.29) is 17.2 Å². The molecule has 1 fully saturated rings. The number of hydrogen-bond acceptors (Lipinski definition) is 3. The van der Waals surface area contributed by atoms with Gasteiger partial charge < -0.3 is 4.90 Å². The van der Waals surface area contributed by atoms with Crippen LogP contribution >= 0.6 is 15.9 Å². The van der Waals surface area contributed by atoms with Crippen LogP contribution in [0.5, 0.6) is 0 Å². The third-order valence-corrected chi connectivity index (χ3v) is 4.56. The van der Waals surface area contributed by atoms with Gasteiger partial charge in [-0.3, -0.25) is 14.9 Å². The normalized spacial score (nSPS) is 17.8. The first-order chi connectivity index (χ1) is 9.50. The molecule has 1 atom stereocenters. The maximum atomic E-state index is 12.4. The van der Waals surface area contributed by atoms with Crippen molar-refractivity contribution in [3.05, 3.63) is 39.9 Å². The number of nitro groups is 1. The van der Waals surface area contributed by atoms with Crippen molar-refractivity contribution in [1.29, 1.82) is 0 Å². The minimum Gasteiger partial charge on any atom is -0.338 e. The van der Waals surface area contributed by atoms with Crippen LogP contribution in [0.15, 0.2) is 24.3 Å². The molecule has 6 heteroatoms. The highest BCUT2D eigenvalue weighted by Crippen LogP contribution is 2.27. The van der Waals surface area contributed by atoms with Crippen molar-refractivity contribution < 1.29 is 9.72 Å². The van der Waals surface area contributed by atoms with Gasteiger partial charge in [-0.1, -0.05) is 35.0 Å². The first kappa shape index (κ1) is 15.0. The number of halogens is 1. The summed E-state index contributed by atoms with van der Waals surface area (Å²) in [6.07, 6.45) is 1.86. The lowest BCUT2D eigenvalue weighted by atomic mass is 9.94. The molecule has 0 spiro atoms. The Bertz CT molecular complexity index is 511. The van der Waals surface area contributed by atoms with E-state index in [0.29, 0.717) is 23.8 Å². The van der Waals surface area contributed by atoms with Crippen molar-refractivity contribution in [2.24, 2.45) is 5.92 Å². The summed E-state index contributed by atoms with van der Waals surface area (Å²) in [5, 5.41) is 11.0. The maximum Gasteiger partial charge on any atom is 0.282 e. The molecule has 0 saturated carbocycles. The zero-order valence-corrected chi connectivity index (χ0v) is 12.9. The molecule has 1 aromatic carbocycles. The number of piperidine rings is 1. The lowest BCUT2D eigenvalue weighted by Crippen LogP contribution is -2.40. The Morgan fingerprint density at radius 1 is 1.40 bits per heavy atom. The van der Waals surface area contributed by atoms with Gasteiger partial charge in [0.25, 0.3) is 11.6 Å². The molecular weight excluding hydrogens is 324 g/mol. The second-order valence-electron chi connectivity index (χ2n) is 5.08. The van der Waals surface area contributed by atoms with Crippen LogP contribution in [0, 0.1) is 16.0 Å². The number of benzene rings is 1. The quantitative estimate of drug-likeness (QED) is 0.482. The maximum absolute atomic E-state index is 12.4. The van der Waals surface area contributed by atoms with Crippen LogP contribution in [-0.4, -0.2) is 33.6 Å². The molecule has 1 aliphatic heterocycles. The standard InChI is InChI=1S/C14H17BrN2O3/c1-10(15)11-6-8-16(9-7-11)14(18)12-4-2-3-5-13(12)17(19)20/h2-5,10-11H,6-9H2,1H3. The zero-order valence-electron chi connectivity index (χ0n) is 11.3. The van der Waals surface area contributed by atoms with Crippen LogP contribution in [-0.2, 0) is 0 Å². The number of amides is 1. The van der Waals surface area contributed by atoms with Gasteiger partial charge in [-0.15, -0.1) is 0 Å². The SMILES string of the molecule is CC(Br)C1CCN(C(=O)c2ccccc2[N+](=O)[O-])CC1. The van der Waals surface area contributed by atoms with Crippen LogP contribution in [0.4, 0.5) is 5.69 Å². The summed E-state index contributed by atoms with van der Waals surface area (Å²) in [5.41, 5.74) is 0.0660. The monoisotopic (exact) mass is 340 g/mol. The Labute approximate surface area is 126 Å². The van der Waals surface area contributed by atoms with E-state index in [1.165, 1.54) is 12.1 Å². The number of nitrogens with zero attached hydrogens (tertiary/aromatic N) is 2. The molecule has 2 rings (SSSR count). The lowest BCUT2D eigenvalue weighted by molar-refractivity contribution is -0.385. The molecule has 1 aromatic rings. The molecule has 20 heavy (non-hydrogen) atoms. The number of carbonyl (C=O) groups is 1. The molecular formula is C14H17BrN2O3. The van der Waals surface area contributed by atoms with Crippen LogP contribution in [0.2, 0.25) is 0 Å². The number of alkyl halides is 1. The average Bonchev–Trinajstić information content (AvgIpc) is 2.46. The molecule has 1 aliphatic rings. The topological polar surface area (TPSA) is 63.5 Å². The molecule has 1 amide bonds. The number of rotatable bonds is 3. The summed E-state index contributed by atoms with van der Waals surface area (Å²) in [4.78, 5) is 25.0. The lowest BCUT2D eigenvalue weighted by Gasteiger charge is -2.33. The van der Waals surface area contributed by atoms with Gasteiger partial charge in [0.15, 0.2) is 0 Å². The highest BCUT2D eigenvalue weighted by Gasteiger charge is 2.29. The Morgan fingerprint density at radius 3 is 2.55 bits per heavy atom. The molecule has 0 bridgehead atoms. The third-order valence-electron chi connectivity index (χ3n) is 3.81. The summed E-state index contributed by atoms with van der Waals surface area (Å²) in [6, 6.07) is 6.14. The second kappa shape index (κ2) is 6.35. The van der Waals surface area contributed by atoms with E-state index in [9.17, 15) is 14.9 Å². The van der Waals surface area contributed by atoms with Gasteiger partial charge in [0, 0.05) is 24.0 Å². The van der Waals surface area contributed by atoms with Crippen LogP contribution in [0.1, 0.15) is 30.1 Å². The van der Waals surface area contributed by atoms with E-state index in [0.717, 1.165) is 12.8 Å². The Kier molecular flexibility index (Phi) is 4.75. The number of hydrogen-bond donors (Lipinski definition) is 0. The van der Waals surface area contributed by atoms with E-state index in [4.69, 9.17) is 0 Å².